The lowest BCUT2D eigenvalue weighted by Gasteiger charge is -2.23. The van der Waals surface area contributed by atoms with E-state index in [1.807, 2.05) is 36.2 Å². The van der Waals surface area contributed by atoms with E-state index < -0.39 is 0 Å². The molecule has 0 bridgehead atoms. The van der Waals surface area contributed by atoms with Crippen molar-refractivity contribution in [3.05, 3.63) is 34.9 Å². The number of nitrogens with zero attached hydrogens (tertiary/aromatic N) is 3. The van der Waals surface area contributed by atoms with E-state index in [4.69, 9.17) is 11.6 Å². The van der Waals surface area contributed by atoms with Crippen LogP contribution in [0.1, 0.15) is 19.4 Å². The predicted molar refractivity (Wildman–Crippen MR) is 112 cm³/mol. The van der Waals surface area contributed by atoms with E-state index in [9.17, 15) is 4.79 Å². The molecule has 7 heteroatoms. The summed E-state index contributed by atoms with van der Waals surface area (Å²) in [6.07, 6.45) is 0. The molecule has 0 aliphatic carbocycles. The van der Waals surface area contributed by atoms with E-state index >= 15 is 0 Å². The second-order valence-corrected chi connectivity index (χ2v) is 6.63. The largest absolute Gasteiger partial charge is 0.356 e. The summed E-state index contributed by atoms with van der Waals surface area (Å²) >= 11 is 6.03. The Hall–Kier alpha value is -1.02. The van der Waals surface area contributed by atoms with E-state index in [1.165, 1.54) is 0 Å². The van der Waals surface area contributed by atoms with Gasteiger partial charge in [-0.05, 0) is 23.6 Å². The molecule has 1 amide bonds. The van der Waals surface area contributed by atoms with Crippen LogP contribution in [-0.2, 0) is 11.3 Å². The second kappa shape index (κ2) is 11.5. The Morgan fingerprint density at radius 3 is 2.50 bits per heavy atom. The fourth-order valence-electron chi connectivity index (χ4n) is 1.87. The van der Waals surface area contributed by atoms with E-state index in [1.54, 1.807) is 19.0 Å². The standard InChI is InChI=1S/C17H27ClN4O.HI/c1-13(2)10-19-17(20-11-16(23)21(3)4)22(5)12-14-7-6-8-15(18)9-14;/h6-9,13H,10-12H2,1-5H3,(H,19,20);1H. The van der Waals surface area contributed by atoms with Gasteiger partial charge < -0.3 is 15.1 Å². The smallest absolute Gasteiger partial charge is 0.243 e. The normalized spacial score (nSPS) is 11.0. The van der Waals surface area contributed by atoms with Crippen LogP contribution < -0.4 is 5.32 Å². The molecule has 0 radical (unpaired) electrons. The molecule has 136 valence electrons. The molecular formula is C17H28ClIN4O. The van der Waals surface area contributed by atoms with Crippen LogP contribution in [0.3, 0.4) is 0 Å². The first kappa shape index (κ1) is 23.0. The van der Waals surface area contributed by atoms with Crippen LogP contribution in [0.4, 0.5) is 0 Å². The lowest BCUT2D eigenvalue weighted by molar-refractivity contribution is -0.127. The molecule has 0 unspecified atom stereocenters. The van der Waals surface area contributed by atoms with Crippen LogP contribution in [0, 0.1) is 5.92 Å². The number of carbonyl (C=O) groups is 1. The minimum atomic E-state index is -0.0231. The lowest BCUT2D eigenvalue weighted by Crippen LogP contribution is -2.41. The Balaban J connectivity index is 0.00000529. The SMILES string of the molecule is CC(C)CNC(=NCC(=O)N(C)C)N(C)Cc1cccc(Cl)c1.I. The van der Waals surface area contributed by atoms with E-state index in [-0.39, 0.29) is 36.4 Å². The van der Waals surface area contributed by atoms with Crippen LogP contribution in [-0.4, -0.2) is 55.9 Å². The number of nitrogens with one attached hydrogen (secondary N) is 1. The first-order chi connectivity index (χ1) is 10.8. The molecule has 1 N–H and O–H groups in total. The highest BCUT2D eigenvalue weighted by atomic mass is 127. The molecule has 5 nitrogen and oxygen atoms in total. The van der Waals surface area contributed by atoms with E-state index in [0.717, 1.165) is 12.1 Å². The van der Waals surface area contributed by atoms with Crippen molar-refractivity contribution in [3.63, 3.8) is 0 Å². The lowest BCUT2D eigenvalue weighted by atomic mass is 10.2. The maximum atomic E-state index is 11.8. The highest BCUT2D eigenvalue weighted by molar-refractivity contribution is 14.0. The van der Waals surface area contributed by atoms with Crippen LogP contribution in [0.15, 0.2) is 29.3 Å². The summed E-state index contributed by atoms with van der Waals surface area (Å²) in [7, 11) is 5.41. The number of guanidine groups is 1. The first-order valence-electron chi connectivity index (χ1n) is 7.73. The quantitative estimate of drug-likeness (QED) is 0.398. The maximum Gasteiger partial charge on any atom is 0.243 e. The fraction of sp³-hybridized carbons (Fsp3) is 0.529. The van der Waals surface area contributed by atoms with Gasteiger partial charge in [-0.15, -0.1) is 24.0 Å². The number of amides is 1. The number of hydrogen-bond acceptors (Lipinski definition) is 2. The number of halogens is 2. The van der Waals surface area contributed by atoms with Crippen LogP contribution >= 0.6 is 35.6 Å². The van der Waals surface area contributed by atoms with Gasteiger partial charge in [-0.3, -0.25) is 4.79 Å². The molecule has 1 aromatic rings. The van der Waals surface area contributed by atoms with Crippen molar-refractivity contribution >= 4 is 47.4 Å². The summed E-state index contributed by atoms with van der Waals surface area (Å²) in [5.41, 5.74) is 1.10. The predicted octanol–water partition coefficient (Wildman–Crippen LogP) is 3.08. The number of likely N-dealkylation sites (N-methyl/N-ethyl adjacent to an activating group) is 1. The average Bonchev–Trinajstić information content (AvgIpc) is 2.46. The molecule has 1 rings (SSSR count). The number of hydrogen-bond donors (Lipinski definition) is 1. The van der Waals surface area contributed by atoms with Crippen molar-refractivity contribution in [2.75, 3.05) is 34.2 Å². The van der Waals surface area contributed by atoms with Gasteiger partial charge in [0.2, 0.25) is 5.91 Å². The van der Waals surface area contributed by atoms with Gasteiger partial charge in [0.1, 0.15) is 6.54 Å². The molecule has 0 saturated heterocycles. The third kappa shape index (κ3) is 8.73. The number of benzene rings is 1. The van der Waals surface area contributed by atoms with Gasteiger partial charge in [0, 0.05) is 39.3 Å². The van der Waals surface area contributed by atoms with Crippen LogP contribution in [0.2, 0.25) is 5.02 Å². The van der Waals surface area contributed by atoms with Crippen molar-refractivity contribution in [1.82, 2.24) is 15.1 Å². The summed E-state index contributed by atoms with van der Waals surface area (Å²) in [5, 5.41) is 4.04. The topological polar surface area (TPSA) is 47.9 Å². The molecular weight excluding hydrogens is 439 g/mol. The molecule has 0 aliphatic rings. The summed E-state index contributed by atoms with van der Waals surface area (Å²) in [6, 6.07) is 7.74. The van der Waals surface area contributed by atoms with Crippen molar-refractivity contribution in [2.24, 2.45) is 10.9 Å². The van der Waals surface area contributed by atoms with Gasteiger partial charge in [-0.1, -0.05) is 37.6 Å². The van der Waals surface area contributed by atoms with Crippen LogP contribution in [0.25, 0.3) is 0 Å². The third-order valence-electron chi connectivity index (χ3n) is 3.20. The minimum absolute atomic E-state index is 0. The van der Waals surface area contributed by atoms with Crippen LogP contribution in [0.5, 0.6) is 0 Å². The number of aliphatic imine (C=N–C) groups is 1. The second-order valence-electron chi connectivity index (χ2n) is 6.19. The molecule has 0 fully saturated rings. The Morgan fingerprint density at radius 2 is 1.96 bits per heavy atom. The summed E-state index contributed by atoms with van der Waals surface area (Å²) < 4.78 is 0. The molecule has 0 heterocycles. The zero-order chi connectivity index (χ0) is 17.4. The van der Waals surface area contributed by atoms with Gasteiger partial charge in [0.25, 0.3) is 0 Å². The minimum Gasteiger partial charge on any atom is -0.356 e. The summed E-state index contributed by atoms with van der Waals surface area (Å²) in [6.45, 7) is 5.86. The monoisotopic (exact) mass is 466 g/mol. The number of rotatable bonds is 6. The Bertz CT molecular complexity index is 549. The molecule has 0 aliphatic heterocycles. The van der Waals surface area contributed by atoms with E-state index in [0.29, 0.717) is 23.4 Å². The van der Waals surface area contributed by atoms with Crippen molar-refractivity contribution in [2.45, 2.75) is 20.4 Å². The Morgan fingerprint density at radius 1 is 1.29 bits per heavy atom. The molecule has 0 atom stereocenters. The Kier molecular flexibility index (Phi) is 11.0. The molecule has 0 spiro atoms. The van der Waals surface area contributed by atoms with Crippen molar-refractivity contribution in [1.29, 1.82) is 0 Å². The van der Waals surface area contributed by atoms with Gasteiger partial charge in [-0.25, -0.2) is 4.99 Å². The molecule has 0 aromatic heterocycles. The van der Waals surface area contributed by atoms with Crippen molar-refractivity contribution < 1.29 is 4.79 Å². The summed E-state index contributed by atoms with van der Waals surface area (Å²) in [4.78, 5) is 19.7. The van der Waals surface area contributed by atoms with Gasteiger partial charge in [-0.2, -0.15) is 0 Å². The van der Waals surface area contributed by atoms with Crippen molar-refractivity contribution in [3.8, 4) is 0 Å². The zero-order valence-corrected chi connectivity index (χ0v) is 18.1. The number of carbonyl (C=O) groups excluding carboxylic acids is 1. The fourth-order valence-corrected chi connectivity index (χ4v) is 2.09. The molecule has 24 heavy (non-hydrogen) atoms. The zero-order valence-electron chi connectivity index (χ0n) is 15.0. The van der Waals surface area contributed by atoms with Gasteiger partial charge in [0.05, 0.1) is 0 Å². The average molecular weight is 467 g/mol. The third-order valence-corrected chi connectivity index (χ3v) is 3.44. The van der Waals surface area contributed by atoms with Gasteiger partial charge in [0.15, 0.2) is 5.96 Å². The van der Waals surface area contributed by atoms with Gasteiger partial charge >= 0.3 is 0 Å². The molecule has 0 saturated carbocycles. The highest BCUT2D eigenvalue weighted by Gasteiger charge is 2.10. The Labute approximate surface area is 167 Å². The van der Waals surface area contributed by atoms with E-state index in [2.05, 4.69) is 24.2 Å². The maximum absolute atomic E-state index is 11.8. The summed E-state index contributed by atoms with van der Waals surface area (Å²) in [5.74, 6) is 1.18. The first-order valence-corrected chi connectivity index (χ1v) is 8.11. The highest BCUT2D eigenvalue weighted by Crippen LogP contribution is 2.12. The molecule has 1 aromatic carbocycles.